The average Bonchev–Trinajstić information content (AvgIpc) is 2.84. The first-order chi connectivity index (χ1) is 6.27. The third kappa shape index (κ3) is 2.06. The Bertz CT molecular complexity index is 314. The normalized spacial score (nSPS) is 15.8. The number of thiocarbonyl (C=S) groups is 1. The number of hydrogen-bond donors (Lipinski definition) is 1. The lowest BCUT2D eigenvalue weighted by Crippen LogP contribution is -2.26. The second kappa shape index (κ2) is 3.46. The van der Waals surface area contributed by atoms with E-state index in [9.17, 15) is 0 Å². The molecule has 1 aliphatic carbocycles. The van der Waals surface area contributed by atoms with Gasteiger partial charge in [-0.3, -0.25) is 4.68 Å². The minimum absolute atomic E-state index is 0.812. The van der Waals surface area contributed by atoms with Gasteiger partial charge in [0, 0.05) is 19.8 Å². The lowest BCUT2D eigenvalue weighted by atomic mass is 10.4. The van der Waals surface area contributed by atoms with Gasteiger partial charge >= 0.3 is 0 Å². The van der Waals surface area contributed by atoms with Gasteiger partial charge < -0.3 is 5.32 Å². The fourth-order valence-corrected chi connectivity index (χ4v) is 1.53. The molecule has 0 bridgehead atoms. The van der Waals surface area contributed by atoms with Gasteiger partial charge in [-0.2, -0.15) is 5.10 Å². The first-order valence-electron chi connectivity index (χ1n) is 4.53. The summed E-state index contributed by atoms with van der Waals surface area (Å²) in [6, 6.07) is 1.93. The molecule has 1 aliphatic rings. The maximum atomic E-state index is 5.24. The summed E-state index contributed by atoms with van der Waals surface area (Å²) < 4.78 is 1.79. The molecule has 3 nitrogen and oxygen atoms in total. The van der Waals surface area contributed by atoms with Crippen LogP contribution in [-0.2, 0) is 7.05 Å². The Kier molecular flexibility index (Phi) is 2.31. The second-order valence-electron chi connectivity index (χ2n) is 3.49. The summed E-state index contributed by atoms with van der Waals surface area (Å²) in [7, 11) is 1.90. The molecule has 1 N–H and O–H groups in total. The predicted octanol–water partition coefficient (Wildman–Crippen LogP) is 1.10. The summed E-state index contributed by atoms with van der Waals surface area (Å²) >= 11 is 5.24. The van der Waals surface area contributed by atoms with Gasteiger partial charge in [0.15, 0.2) is 0 Å². The van der Waals surface area contributed by atoms with E-state index >= 15 is 0 Å². The van der Waals surface area contributed by atoms with Gasteiger partial charge in [0.1, 0.15) is 4.99 Å². The molecule has 0 spiro atoms. The van der Waals surface area contributed by atoms with E-state index in [0.29, 0.717) is 0 Å². The number of nitrogens with zero attached hydrogens (tertiary/aromatic N) is 2. The van der Waals surface area contributed by atoms with Crippen LogP contribution in [0.2, 0.25) is 0 Å². The summed E-state index contributed by atoms with van der Waals surface area (Å²) in [6.07, 6.45) is 4.46. The maximum Gasteiger partial charge on any atom is 0.124 e. The van der Waals surface area contributed by atoms with Crippen molar-refractivity contribution in [2.24, 2.45) is 13.0 Å². The molecule has 1 fully saturated rings. The van der Waals surface area contributed by atoms with E-state index in [4.69, 9.17) is 12.2 Å². The van der Waals surface area contributed by atoms with E-state index < -0.39 is 0 Å². The Balaban J connectivity index is 1.92. The van der Waals surface area contributed by atoms with Crippen LogP contribution in [0.1, 0.15) is 18.5 Å². The van der Waals surface area contributed by atoms with Crippen LogP contribution in [0.5, 0.6) is 0 Å². The molecule has 1 aromatic rings. The van der Waals surface area contributed by atoms with Crippen molar-refractivity contribution in [1.29, 1.82) is 0 Å². The summed E-state index contributed by atoms with van der Waals surface area (Å²) in [5.74, 6) is 0.853. The van der Waals surface area contributed by atoms with Gasteiger partial charge in [0.25, 0.3) is 0 Å². The van der Waals surface area contributed by atoms with Crippen molar-refractivity contribution < 1.29 is 0 Å². The zero-order valence-corrected chi connectivity index (χ0v) is 8.47. The minimum Gasteiger partial charge on any atom is -0.374 e. The molecule has 0 saturated heterocycles. The number of aromatic nitrogens is 2. The summed E-state index contributed by atoms with van der Waals surface area (Å²) in [5, 5.41) is 7.33. The molecule has 0 radical (unpaired) electrons. The minimum atomic E-state index is 0.812. The highest BCUT2D eigenvalue weighted by molar-refractivity contribution is 7.80. The van der Waals surface area contributed by atoms with Gasteiger partial charge in [0.2, 0.25) is 0 Å². The van der Waals surface area contributed by atoms with Gasteiger partial charge in [0.05, 0.1) is 5.69 Å². The van der Waals surface area contributed by atoms with Crippen LogP contribution >= 0.6 is 12.2 Å². The molecule has 2 rings (SSSR count). The number of rotatable bonds is 3. The maximum absolute atomic E-state index is 5.24. The van der Waals surface area contributed by atoms with E-state index in [1.54, 1.807) is 10.9 Å². The largest absolute Gasteiger partial charge is 0.374 e. The third-order valence-corrected chi connectivity index (χ3v) is 2.66. The SMILES string of the molecule is Cn1nccc1C(=S)NCC1CC1. The molecule has 4 heteroatoms. The Morgan fingerprint density at radius 1 is 1.77 bits per heavy atom. The Hall–Kier alpha value is -0.900. The van der Waals surface area contributed by atoms with Crippen molar-refractivity contribution in [3.8, 4) is 0 Å². The van der Waals surface area contributed by atoms with Crippen LogP contribution in [0, 0.1) is 5.92 Å². The number of nitrogens with one attached hydrogen (secondary N) is 1. The highest BCUT2D eigenvalue weighted by Gasteiger charge is 2.21. The van der Waals surface area contributed by atoms with E-state index in [1.807, 2.05) is 13.1 Å². The Morgan fingerprint density at radius 3 is 3.08 bits per heavy atom. The standard InChI is InChI=1S/C9H13N3S/c1-12-8(4-5-11-12)9(13)10-6-7-2-3-7/h4-5,7H,2-3,6H2,1H3,(H,10,13). The van der Waals surface area contributed by atoms with Gasteiger partial charge in [-0.1, -0.05) is 12.2 Å². The van der Waals surface area contributed by atoms with Gasteiger partial charge in [-0.05, 0) is 24.8 Å². The van der Waals surface area contributed by atoms with Crippen molar-refractivity contribution in [2.75, 3.05) is 6.54 Å². The van der Waals surface area contributed by atoms with Crippen molar-refractivity contribution in [3.05, 3.63) is 18.0 Å². The number of aryl methyl sites for hydroxylation is 1. The zero-order chi connectivity index (χ0) is 9.26. The molecule has 0 atom stereocenters. The Labute approximate surface area is 83.1 Å². The van der Waals surface area contributed by atoms with E-state index in [2.05, 4.69) is 10.4 Å². The molecule has 0 unspecified atom stereocenters. The topological polar surface area (TPSA) is 29.9 Å². The van der Waals surface area contributed by atoms with Crippen molar-refractivity contribution in [1.82, 2.24) is 15.1 Å². The molecule has 0 amide bonds. The van der Waals surface area contributed by atoms with Crippen molar-refractivity contribution >= 4 is 17.2 Å². The molecule has 1 aromatic heterocycles. The van der Waals surface area contributed by atoms with Crippen LogP contribution in [-0.4, -0.2) is 21.3 Å². The lowest BCUT2D eigenvalue weighted by Gasteiger charge is -2.06. The molecule has 1 saturated carbocycles. The van der Waals surface area contributed by atoms with E-state index in [1.165, 1.54) is 12.8 Å². The molecular weight excluding hydrogens is 182 g/mol. The van der Waals surface area contributed by atoms with E-state index in [0.717, 1.165) is 23.1 Å². The zero-order valence-electron chi connectivity index (χ0n) is 7.66. The average molecular weight is 195 g/mol. The first-order valence-corrected chi connectivity index (χ1v) is 4.94. The molecule has 1 heterocycles. The molecule has 70 valence electrons. The van der Waals surface area contributed by atoms with Gasteiger partial charge in [-0.25, -0.2) is 0 Å². The summed E-state index contributed by atoms with van der Waals surface area (Å²) in [6.45, 7) is 1.02. The second-order valence-corrected chi connectivity index (χ2v) is 3.90. The summed E-state index contributed by atoms with van der Waals surface area (Å²) in [5.41, 5.74) is 0.996. The monoisotopic (exact) mass is 195 g/mol. The first kappa shape index (κ1) is 8.69. The van der Waals surface area contributed by atoms with Crippen molar-refractivity contribution in [2.45, 2.75) is 12.8 Å². The van der Waals surface area contributed by atoms with Crippen molar-refractivity contribution in [3.63, 3.8) is 0 Å². The highest BCUT2D eigenvalue weighted by atomic mass is 32.1. The van der Waals surface area contributed by atoms with Crippen LogP contribution in [0.3, 0.4) is 0 Å². The van der Waals surface area contributed by atoms with Crippen LogP contribution in [0.4, 0.5) is 0 Å². The molecule has 0 aliphatic heterocycles. The quantitative estimate of drug-likeness (QED) is 0.732. The molecule has 13 heavy (non-hydrogen) atoms. The fourth-order valence-electron chi connectivity index (χ4n) is 1.25. The van der Waals surface area contributed by atoms with E-state index in [-0.39, 0.29) is 0 Å². The van der Waals surface area contributed by atoms with Crippen LogP contribution < -0.4 is 5.32 Å². The fraction of sp³-hybridized carbons (Fsp3) is 0.556. The number of hydrogen-bond acceptors (Lipinski definition) is 2. The highest BCUT2D eigenvalue weighted by Crippen LogP contribution is 2.27. The van der Waals surface area contributed by atoms with Crippen LogP contribution in [0.25, 0.3) is 0 Å². The van der Waals surface area contributed by atoms with Gasteiger partial charge in [-0.15, -0.1) is 0 Å². The Morgan fingerprint density at radius 2 is 2.54 bits per heavy atom. The summed E-state index contributed by atoms with van der Waals surface area (Å²) in [4.78, 5) is 0.812. The predicted molar refractivity (Wildman–Crippen MR) is 55.6 cm³/mol. The lowest BCUT2D eigenvalue weighted by molar-refractivity contribution is 0.741. The molecular formula is C9H13N3S. The molecule has 0 aromatic carbocycles. The third-order valence-electron chi connectivity index (χ3n) is 2.30. The smallest absolute Gasteiger partial charge is 0.124 e. The van der Waals surface area contributed by atoms with Crippen LogP contribution in [0.15, 0.2) is 12.3 Å².